The van der Waals surface area contributed by atoms with Crippen LogP contribution in [0.5, 0.6) is 0 Å². The normalized spacial score (nSPS) is 11.7. The van der Waals surface area contributed by atoms with E-state index in [4.69, 9.17) is 5.11 Å². The van der Waals surface area contributed by atoms with Gasteiger partial charge >= 0.3 is 12.3 Å². The fourth-order valence-corrected chi connectivity index (χ4v) is 1.43. The summed E-state index contributed by atoms with van der Waals surface area (Å²) in [4.78, 5) is 25.7. The molecule has 0 amide bonds. The number of rotatable bonds is 0. The largest absolute Gasteiger partial charge is 0.464 e. The molecule has 5 nitrogen and oxygen atoms in total. The standard InChI is InChI=1S/C10H5F3N2O3/c11-10(12,13)5-1-2-6-7(3-5)14-4-15(8(6)16)9(17)18/h1-4H,(H,17,18). The van der Waals surface area contributed by atoms with Gasteiger partial charge in [-0.15, -0.1) is 0 Å². The molecule has 0 aliphatic carbocycles. The molecule has 94 valence electrons. The van der Waals surface area contributed by atoms with Crippen molar-refractivity contribution in [2.45, 2.75) is 6.18 Å². The summed E-state index contributed by atoms with van der Waals surface area (Å²) in [7, 11) is 0. The van der Waals surface area contributed by atoms with Gasteiger partial charge in [0.15, 0.2) is 0 Å². The van der Waals surface area contributed by atoms with Gasteiger partial charge in [0.1, 0.15) is 6.33 Å². The van der Waals surface area contributed by atoms with Crippen LogP contribution in [0.4, 0.5) is 18.0 Å². The molecule has 0 atom stereocenters. The van der Waals surface area contributed by atoms with E-state index in [1.54, 1.807) is 0 Å². The monoisotopic (exact) mass is 258 g/mol. The van der Waals surface area contributed by atoms with Crippen LogP contribution in [0.25, 0.3) is 10.9 Å². The highest BCUT2D eigenvalue weighted by molar-refractivity contribution is 5.80. The lowest BCUT2D eigenvalue weighted by atomic mass is 10.1. The highest BCUT2D eigenvalue weighted by atomic mass is 19.4. The van der Waals surface area contributed by atoms with Crippen LogP contribution in [0.2, 0.25) is 0 Å². The predicted molar refractivity (Wildman–Crippen MR) is 54.4 cm³/mol. The van der Waals surface area contributed by atoms with Crippen LogP contribution in [-0.2, 0) is 6.18 Å². The number of halogens is 3. The van der Waals surface area contributed by atoms with Gasteiger partial charge in [-0.1, -0.05) is 0 Å². The van der Waals surface area contributed by atoms with Gasteiger partial charge in [0.25, 0.3) is 5.56 Å². The number of alkyl halides is 3. The van der Waals surface area contributed by atoms with Crippen LogP contribution >= 0.6 is 0 Å². The fraction of sp³-hybridized carbons (Fsp3) is 0.100. The molecular weight excluding hydrogens is 253 g/mol. The van der Waals surface area contributed by atoms with Crippen LogP contribution in [0, 0.1) is 0 Å². The number of aromatic nitrogens is 2. The number of hydrogen-bond donors (Lipinski definition) is 1. The van der Waals surface area contributed by atoms with Gasteiger partial charge in [0.05, 0.1) is 16.5 Å². The minimum atomic E-state index is -4.54. The van der Waals surface area contributed by atoms with Crippen LogP contribution in [0.1, 0.15) is 5.56 Å². The first-order chi connectivity index (χ1) is 8.30. The predicted octanol–water partition coefficient (Wildman–Crippen LogP) is 1.94. The van der Waals surface area contributed by atoms with Crippen LogP contribution in [0.3, 0.4) is 0 Å². The van der Waals surface area contributed by atoms with Crippen LogP contribution < -0.4 is 5.56 Å². The minimum absolute atomic E-state index is 0.187. The molecule has 0 fully saturated rings. The van der Waals surface area contributed by atoms with E-state index >= 15 is 0 Å². The van der Waals surface area contributed by atoms with E-state index in [0.717, 1.165) is 6.07 Å². The Morgan fingerprint density at radius 3 is 2.56 bits per heavy atom. The van der Waals surface area contributed by atoms with Crippen molar-refractivity contribution in [3.63, 3.8) is 0 Å². The lowest BCUT2D eigenvalue weighted by Gasteiger charge is -2.07. The molecular formula is C10H5F3N2O3. The molecule has 2 aromatic rings. The summed E-state index contributed by atoms with van der Waals surface area (Å²) in [5, 5.41) is 8.46. The van der Waals surface area contributed by atoms with Crippen molar-refractivity contribution < 1.29 is 23.1 Å². The number of fused-ring (bicyclic) bond motifs is 1. The Kier molecular flexibility index (Phi) is 2.57. The average molecular weight is 258 g/mol. The fourth-order valence-electron chi connectivity index (χ4n) is 1.43. The molecule has 0 unspecified atom stereocenters. The third kappa shape index (κ3) is 1.92. The second-order valence-corrected chi connectivity index (χ2v) is 3.43. The SMILES string of the molecule is O=C(O)n1cnc2cc(C(F)(F)F)ccc2c1=O. The summed E-state index contributed by atoms with van der Waals surface area (Å²) in [6.07, 6.45) is -5.42. The molecule has 0 radical (unpaired) electrons. The van der Waals surface area contributed by atoms with E-state index in [1.165, 1.54) is 0 Å². The number of benzene rings is 1. The van der Waals surface area contributed by atoms with E-state index in [1.807, 2.05) is 0 Å². The van der Waals surface area contributed by atoms with E-state index < -0.39 is 23.4 Å². The molecule has 1 N–H and O–H groups in total. The Morgan fingerprint density at radius 1 is 1.33 bits per heavy atom. The van der Waals surface area contributed by atoms with Gasteiger partial charge in [0, 0.05) is 0 Å². The van der Waals surface area contributed by atoms with Crippen molar-refractivity contribution >= 4 is 17.0 Å². The lowest BCUT2D eigenvalue weighted by Crippen LogP contribution is -2.26. The van der Waals surface area contributed by atoms with E-state index in [2.05, 4.69) is 4.98 Å². The zero-order valence-electron chi connectivity index (χ0n) is 8.60. The first-order valence-electron chi connectivity index (χ1n) is 4.62. The summed E-state index contributed by atoms with van der Waals surface area (Å²) in [5.41, 5.74) is -2.08. The Morgan fingerprint density at radius 2 is 2.00 bits per heavy atom. The Bertz CT molecular complexity index is 691. The van der Waals surface area contributed by atoms with E-state index in [9.17, 15) is 22.8 Å². The van der Waals surface area contributed by atoms with Gasteiger partial charge in [-0.05, 0) is 18.2 Å². The highest BCUT2D eigenvalue weighted by Gasteiger charge is 2.30. The maximum atomic E-state index is 12.4. The second kappa shape index (κ2) is 3.83. The topological polar surface area (TPSA) is 72.2 Å². The van der Waals surface area contributed by atoms with Gasteiger partial charge < -0.3 is 5.11 Å². The number of hydrogen-bond acceptors (Lipinski definition) is 3. The summed E-state index contributed by atoms with van der Waals surface area (Å²) in [6, 6.07) is 2.31. The van der Waals surface area contributed by atoms with Gasteiger partial charge in [0.2, 0.25) is 0 Å². The highest BCUT2D eigenvalue weighted by Crippen LogP contribution is 2.30. The van der Waals surface area contributed by atoms with Crippen molar-refractivity contribution in [2.24, 2.45) is 0 Å². The first kappa shape index (κ1) is 12.1. The maximum absolute atomic E-state index is 12.4. The van der Waals surface area contributed by atoms with Crippen molar-refractivity contribution in [1.29, 1.82) is 0 Å². The molecule has 0 aliphatic heterocycles. The molecule has 0 saturated heterocycles. The molecule has 1 aromatic carbocycles. The lowest BCUT2D eigenvalue weighted by molar-refractivity contribution is -0.137. The third-order valence-electron chi connectivity index (χ3n) is 2.29. The summed E-state index contributed by atoms with van der Waals surface area (Å²) >= 11 is 0. The Labute approximate surface area is 97.1 Å². The summed E-state index contributed by atoms with van der Waals surface area (Å²) in [6.45, 7) is 0. The zero-order chi connectivity index (χ0) is 13.5. The molecule has 1 heterocycles. The summed E-state index contributed by atoms with van der Waals surface area (Å²) < 4.78 is 37.6. The van der Waals surface area contributed by atoms with Crippen molar-refractivity contribution in [1.82, 2.24) is 9.55 Å². The number of carbonyl (C=O) groups is 1. The Balaban J connectivity index is 2.73. The minimum Gasteiger partial charge on any atom is -0.464 e. The van der Waals surface area contributed by atoms with E-state index in [-0.39, 0.29) is 10.9 Å². The van der Waals surface area contributed by atoms with Gasteiger partial charge in [-0.2, -0.15) is 13.2 Å². The molecule has 8 heteroatoms. The van der Waals surface area contributed by atoms with Gasteiger partial charge in [-0.25, -0.2) is 14.3 Å². The summed E-state index contributed by atoms with van der Waals surface area (Å²) in [5.74, 6) is 0. The first-order valence-corrected chi connectivity index (χ1v) is 4.62. The maximum Gasteiger partial charge on any atom is 0.419 e. The smallest absolute Gasteiger partial charge is 0.419 e. The third-order valence-corrected chi connectivity index (χ3v) is 2.29. The zero-order valence-corrected chi connectivity index (χ0v) is 8.60. The molecule has 1 aromatic heterocycles. The Hall–Kier alpha value is -2.38. The average Bonchev–Trinajstić information content (AvgIpc) is 2.27. The van der Waals surface area contributed by atoms with Crippen molar-refractivity contribution in [3.8, 4) is 0 Å². The second-order valence-electron chi connectivity index (χ2n) is 3.43. The van der Waals surface area contributed by atoms with Crippen LogP contribution in [0.15, 0.2) is 29.3 Å². The number of nitrogens with zero attached hydrogens (tertiary/aromatic N) is 2. The quantitative estimate of drug-likeness (QED) is 0.783. The number of carboxylic acid groups (broad SMARTS) is 1. The molecule has 0 aliphatic rings. The van der Waals surface area contributed by atoms with Crippen LogP contribution in [-0.4, -0.2) is 20.8 Å². The molecule has 0 spiro atoms. The van der Waals surface area contributed by atoms with Gasteiger partial charge in [-0.3, -0.25) is 4.79 Å². The molecule has 0 bridgehead atoms. The molecule has 0 saturated carbocycles. The molecule has 2 rings (SSSR count). The van der Waals surface area contributed by atoms with Crippen molar-refractivity contribution in [3.05, 3.63) is 40.4 Å². The van der Waals surface area contributed by atoms with E-state index in [0.29, 0.717) is 23.0 Å². The molecule has 18 heavy (non-hydrogen) atoms. The van der Waals surface area contributed by atoms with Crippen molar-refractivity contribution in [2.75, 3.05) is 0 Å².